The second kappa shape index (κ2) is 4.78. The highest BCUT2D eigenvalue weighted by molar-refractivity contribution is 6.17. The van der Waals surface area contributed by atoms with E-state index in [0.717, 1.165) is 24.6 Å². The molecular weight excluding hydrogens is 198 g/mol. The number of hydrogen-bond donors (Lipinski definition) is 0. The fourth-order valence-corrected chi connectivity index (χ4v) is 2.29. The molecule has 0 aromatic carbocycles. The molecule has 1 aliphatic carbocycles. The highest BCUT2D eigenvalue weighted by Gasteiger charge is 2.15. The number of rotatable bonds is 4. The summed E-state index contributed by atoms with van der Waals surface area (Å²) < 4.78 is 1.97. The largest absolute Gasteiger partial charge is 0.252 e. The maximum absolute atomic E-state index is 5.64. The number of halogens is 1. The van der Waals surface area contributed by atoms with Crippen LogP contribution in [-0.4, -0.2) is 20.9 Å². The Kier molecular flexibility index (Phi) is 3.40. The SMILES string of the molecule is ClCCc1cn(CC2CCCC2)nn1. The second-order valence-corrected chi connectivity index (χ2v) is 4.40. The van der Waals surface area contributed by atoms with Gasteiger partial charge < -0.3 is 0 Å². The Balaban J connectivity index is 1.88. The van der Waals surface area contributed by atoms with Crippen LogP contribution in [0.5, 0.6) is 0 Å². The zero-order chi connectivity index (χ0) is 9.80. The molecule has 0 N–H and O–H groups in total. The van der Waals surface area contributed by atoms with E-state index in [1.165, 1.54) is 25.7 Å². The number of aromatic nitrogens is 3. The van der Waals surface area contributed by atoms with E-state index in [1.807, 2.05) is 10.9 Å². The maximum Gasteiger partial charge on any atom is 0.0839 e. The van der Waals surface area contributed by atoms with Crippen molar-refractivity contribution < 1.29 is 0 Å². The van der Waals surface area contributed by atoms with Crippen molar-refractivity contribution in [2.75, 3.05) is 5.88 Å². The Hall–Kier alpha value is -0.570. The minimum atomic E-state index is 0.627. The van der Waals surface area contributed by atoms with Crippen LogP contribution < -0.4 is 0 Å². The van der Waals surface area contributed by atoms with Crippen LogP contribution in [-0.2, 0) is 13.0 Å². The van der Waals surface area contributed by atoms with Crippen LogP contribution in [0.15, 0.2) is 6.20 Å². The summed E-state index contributed by atoms with van der Waals surface area (Å²) in [4.78, 5) is 0. The molecule has 1 fully saturated rings. The first-order chi connectivity index (χ1) is 6.88. The first-order valence-electron chi connectivity index (χ1n) is 5.33. The van der Waals surface area contributed by atoms with E-state index in [9.17, 15) is 0 Å². The second-order valence-electron chi connectivity index (χ2n) is 4.02. The first kappa shape index (κ1) is 9.97. The zero-order valence-electron chi connectivity index (χ0n) is 8.32. The maximum atomic E-state index is 5.64. The lowest BCUT2D eigenvalue weighted by atomic mass is 10.1. The quantitative estimate of drug-likeness (QED) is 0.719. The van der Waals surface area contributed by atoms with Crippen molar-refractivity contribution in [2.45, 2.75) is 38.6 Å². The molecule has 0 bridgehead atoms. The van der Waals surface area contributed by atoms with Gasteiger partial charge in [-0.15, -0.1) is 16.7 Å². The topological polar surface area (TPSA) is 30.7 Å². The Morgan fingerprint density at radius 1 is 1.43 bits per heavy atom. The summed E-state index contributed by atoms with van der Waals surface area (Å²) in [5.41, 5.74) is 1.01. The minimum absolute atomic E-state index is 0.627. The standard InChI is InChI=1S/C10H16ClN3/c11-6-5-10-8-14(13-12-10)7-9-3-1-2-4-9/h8-9H,1-7H2. The Bertz CT molecular complexity index is 279. The van der Waals surface area contributed by atoms with Crippen LogP contribution in [0.4, 0.5) is 0 Å². The highest BCUT2D eigenvalue weighted by Crippen LogP contribution is 2.25. The number of aryl methyl sites for hydroxylation is 1. The molecule has 0 amide bonds. The van der Waals surface area contributed by atoms with Crippen molar-refractivity contribution in [3.05, 3.63) is 11.9 Å². The van der Waals surface area contributed by atoms with E-state index in [1.54, 1.807) is 0 Å². The molecule has 1 saturated carbocycles. The van der Waals surface area contributed by atoms with Crippen LogP contribution in [0, 0.1) is 5.92 Å². The molecule has 1 heterocycles. The predicted molar refractivity (Wildman–Crippen MR) is 56.4 cm³/mol. The normalized spacial score (nSPS) is 17.8. The van der Waals surface area contributed by atoms with Gasteiger partial charge in [0.1, 0.15) is 0 Å². The van der Waals surface area contributed by atoms with Crippen LogP contribution in [0.25, 0.3) is 0 Å². The fourth-order valence-electron chi connectivity index (χ4n) is 2.10. The predicted octanol–water partition coefficient (Wildman–Crippen LogP) is 2.25. The van der Waals surface area contributed by atoms with Crippen molar-refractivity contribution in [3.63, 3.8) is 0 Å². The summed E-state index contributed by atoms with van der Waals surface area (Å²) in [6, 6.07) is 0. The third kappa shape index (κ3) is 2.47. The van der Waals surface area contributed by atoms with Gasteiger partial charge in [0.2, 0.25) is 0 Å². The van der Waals surface area contributed by atoms with Gasteiger partial charge in [0.25, 0.3) is 0 Å². The van der Waals surface area contributed by atoms with Crippen LogP contribution in [0.2, 0.25) is 0 Å². The van der Waals surface area contributed by atoms with Gasteiger partial charge in [-0.25, -0.2) is 0 Å². The highest BCUT2D eigenvalue weighted by atomic mass is 35.5. The lowest BCUT2D eigenvalue weighted by Crippen LogP contribution is -2.07. The summed E-state index contributed by atoms with van der Waals surface area (Å²) in [5.74, 6) is 1.45. The Labute approximate surface area is 89.4 Å². The summed E-state index contributed by atoms with van der Waals surface area (Å²) in [7, 11) is 0. The average molecular weight is 214 g/mol. The van der Waals surface area contributed by atoms with E-state index in [4.69, 9.17) is 11.6 Å². The van der Waals surface area contributed by atoms with E-state index in [0.29, 0.717) is 5.88 Å². The van der Waals surface area contributed by atoms with Crippen molar-refractivity contribution in [3.8, 4) is 0 Å². The molecule has 0 unspecified atom stereocenters. The molecule has 0 radical (unpaired) electrons. The van der Waals surface area contributed by atoms with Crippen LogP contribution in [0.1, 0.15) is 31.4 Å². The number of hydrogen-bond acceptors (Lipinski definition) is 2. The number of alkyl halides is 1. The third-order valence-electron chi connectivity index (χ3n) is 2.86. The van der Waals surface area contributed by atoms with Crippen molar-refractivity contribution in [1.82, 2.24) is 15.0 Å². The van der Waals surface area contributed by atoms with E-state index in [2.05, 4.69) is 10.3 Å². The molecule has 1 aromatic rings. The Morgan fingerprint density at radius 2 is 2.21 bits per heavy atom. The van der Waals surface area contributed by atoms with Gasteiger partial charge in [-0.1, -0.05) is 18.1 Å². The van der Waals surface area contributed by atoms with Gasteiger partial charge in [0.15, 0.2) is 0 Å². The smallest absolute Gasteiger partial charge is 0.0839 e. The fraction of sp³-hybridized carbons (Fsp3) is 0.800. The molecule has 4 heteroatoms. The molecule has 3 nitrogen and oxygen atoms in total. The molecule has 0 saturated heterocycles. The molecule has 2 rings (SSSR count). The molecular formula is C10H16ClN3. The van der Waals surface area contributed by atoms with Crippen molar-refractivity contribution >= 4 is 11.6 Å². The van der Waals surface area contributed by atoms with E-state index in [-0.39, 0.29) is 0 Å². The molecule has 1 aromatic heterocycles. The average Bonchev–Trinajstić information content (AvgIpc) is 2.79. The summed E-state index contributed by atoms with van der Waals surface area (Å²) >= 11 is 5.64. The van der Waals surface area contributed by atoms with Gasteiger partial charge in [-0.3, -0.25) is 4.68 Å². The van der Waals surface area contributed by atoms with Crippen LogP contribution >= 0.6 is 11.6 Å². The van der Waals surface area contributed by atoms with Gasteiger partial charge in [0.05, 0.1) is 5.69 Å². The van der Waals surface area contributed by atoms with Crippen molar-refractivity contribution in [1.29, 1.82) is 0 Å². The zero-order valence-corrected chi connectivity index (χ0v) is 9.08. The summed E-state index contributed by atoms with van der Waals surface area (Å²) in [6.45, 7) is 1.04. The first-order valence-corrected chi connectivity index (χ1v) is 5.87. The lowest BCUT2D eigenvalue weighted by molar-refractivity contribution is 0.421. The Morgan fingerprint density at radius 3 is 2.93 bits per heavy atom. The molecule has 0 atom stereocenters. The molecule has 0 spiro atoms. The van der Waals surface area contributed by atoms with E-state index >= 15 is 0 Å². The van der Waals surface area contributed by atoms with Gasteiger partial charge in [-0.05, 0) is 18.8 Å². The van der Waals surface area contributed by atoms with Gasteiger partial charge >= 0.3 is 0 Å². The molecule has 1 aliphatic rings. The van der Waals surface area contributed by atoms with Crippen LogP contribution in [0.3, 0.4) is 0 Å². The molecule has 78 valence electrons. The third-order valence-corrected chi connectivity index (χ3v) is 3.05. The summed E-state index contributed by atoms with van der Waals surface area (Å²) in [6.07, 6.45) is 8.32. The van der Waals surface area contributed by atoms with E-state index < -0.39 is 0 Å². The molecule has 14 heavy (non-hydrogen) atoms. The lowest BCUT2D eigenvalue weighted by Gasteiger charge is -2.06. The molecule has 0 aliphatic heterocycles. The minimum Gasteiger partial charge on any atom is -0.252 e. The number of nitrogens with zero attached hydrogens (tertiary/aromatic N) is 3. The van der Waals surface area contributed by atoms with Gasteiger partial charge in [0, 0.05) is 25.0 Å². The van der Waals surface area contributed by atoms with Crippen molar-refractivity contribution in [2.24, 2.45) is 5.92 Å². The monoisotopic (exact) mass is 213 g/mol. The summed E-state index contributed by atoms with van der Waals surface area (Å²) in [5, 5.41) is 8.18. The van der Waals surface area contributed by atoms with Gasteiger partial charge in [-0.2, -0.15) is 0 Å².